The molecule has 0 spiro atoms. The third-order valence-corrected chi connectivity index (χ3v) is 5.88. The first-order chi connectivity index (χ1) is 14.1. The lowest BCUT2D eigenvalue weighted by atomic mass is 9.94. The molecule has 0 unspecified atom stereocenters. The number of hydrogen-bond donors (Lipinski definition) is 1. The maximum Gasteiger partial charge on any atom is 0.236 e. The molecule has 1 fully saturated rings. The highest BCUT2D eigenvalue weighted by atomic mass is 16.7. The number of pyridine rings is 1. The van der Waals surface area contributed by atoms with Crippen molar-refractivity contribution in [3.8, 4) is 22.6 Å². The van der Waals surface area contributed by atoms with Gasteiger partial charge >= 0.3 is 0 Å². The number of amides is 1. The number of aromatic nitrogens is 1. The van der Waals surface area contributed by atoms with E-state index < -0.39 is 5.41 Å². The van der Waals surface area contributed by atoms with E-state index in [-0.39, 0.29) is 12.7 Å². The molecule has 2 aliphatic rings. The molecular weight excluding hydrogens is 364 g/mol. The molecule has 146 valence electrons. The second-order valence-corrected chi connectivity index (χ2v) is 7.80. The van der Waals surface area contributed by atoms with Crippen LogP contribution in [0.4, 0.5) is 5.82 Å². The minimum absolute atomic E-state index is 0.0244. The summed E-state index contributed by atoms with van der Waals surface area (Å²) < 4.78 is 10.8. The molecule has 0 radical (unpaired) electrons. The third kappa shape index (κ3) is 3.03. The molecule has 3 aromatic rings. The summed E-state index contributed by atoms with van der Waals surface area (Å²) in [6.45, 7) is 4.43. The Morgan fingerprint density at radius 3 is 2.45 bits per heavy atom. The van der Waals surface area contributed by atoms with Crippen molar-refractivity contribution in [3.05, 3.63) is 71.4 Å². The summed E-state index contributed by atoms with van der Waals surface area (Å²) in [5, 5.41) is 3.00. The molecule has 1 aromatic heterocycles. The molecule has 5 rings (SSSR count). The molecule has 1 N–H and O–H groups in total. The monoisotopic (exact) mass is 386 g/mol. The van der Waals surface area contributed by atoms with E-state index in [9.17, 15) is 4.79 Å². The van der Waals surface area contributed by atoms with Gasteiger partial charge < -0.3 is 14.8 Å². The molecule has 1 aliphatic heterocycles. The highest BCUT2D eigenvalue weighted by Gasteiger charge is 2.51. The maximum absolute atomic E-state index is 13.0. The second kappa shape index (κ2) is 6.62. The number of hydrogen-bond acceptors (Lipinski definition) is 4. The normalized spacial score (nSPS) is 15.8. The standard InChI is InChI=1S/C24H22N2O3/c1-15-4-3-5-16(2)22(15)17-6-9-21(25-13-17)26-23(27)24(10-11-24)18-7-8-19-20(12-18)29-14-28-19/h3-9,12-13H,10-11,14H2,1-2H3,(H,25,26,27). The SMILES string of the molecule is Cc1cccc(C)c1-c1ccc(NC(=O)C2(c3ccc4c(c3)OCO4)CC2)nc1. The molecule has 5 heteroatoms. The van der Waals surface area contributed by atoms with Crippen molar-refractivity contribution in [1.29, 1.82) is 0 Å². The summed E-state index contributed by atoms with van der Waals surface area (Å²) in [4.78, 5) is 17.5. The number of carbonyl (C=O) groups is 1. The highest BCUT2D eigenvalue weighted by Crippen LogP contribution is 2.51. The van der Waals surface area contributed by atoms with Crippen LogP contribution in [0, 0.1) is 13.8 Å². The Balaban J connectivity index is 1.36. The summed E-state index contributed by atoms with van der Waals surface area (Å²) in [5.41, 5.74) is 5.12. The zero-order chi connectivity index (χ0) is 20.0. The van der Waals surface area contributed by atoms with E-state index in [0.29, 0.717) is 11.6 Å². The topological polar surface area (TPSA) is 60.5 Å². The number of rotatable bonds is 4. The summed E-state index contributed by atoms with van der Waals surface area (Å²) in [6.07, 6.45) is 3.46. The van der Waals surface area contributed by atoms with Crippen LogP contribution in [0.2, 0.25) is 0 Å². The zero-order valence-electron chi connectivity index (χ0n) is 16.5. The molecule has 0 atom stereocenters. The van der Waals surface area contributed by atoms with Crippen LogP contribution in [-0.4, -0.2) is 17.7 Å². The summed E-state index contributed by atoms with van der Waals surface area (Å²) in [6, 6.07) is 15.9. The first-order valence-corrected chi connectivity index (χ1v) is 9.81. The number of carbonyl (C=O) groups excluding carboxylic acids is 1. The first kappa shape index (κ1) is 17.7. The average Bonchev–Trinajstić information content (AvgIpc) is 3.40. The fraction of sp³-hybridized carbons (Fsp3) is 0.250. The van der Waals surface area contributed by atoms with Crippen molar-refractivity contribution < 1.29 is 14.3 Å². The van der Waals surface area contributed by atoms with Gasteiger partial charge in [-0.15, -0.1) is 0 Å². The van der Waals surface area contributed by atoms with Crippen LogP contribution in [0.5, 0.6) is 11.5 Å². The van der Waals surface area contributed by atoms with E-state index in [1.54, 1.807) is 0 Å². The van der Waals surface area contributed by atoms with Gasteiger partial charge in [-0.1, -0.05) is 24.3 Å². The van der Waals surface area contributed by atoms with Gasteiger partial charge in [0.15, 0.2) is 11.5 Å². The van der Waals surface area contributed by atoms with Crippen LogP contribution in [-0.2, 0) is 10.2 Å². The Bertz CT molecular complexity index is 1080. The molecule has 1 saturated carbocycles. The fourth-order valence-electron chi connectivity index (χ4n) is 4.09. The number of nitrogens with one attached hydrogen (secondary N) is 1. The molecule has 0 saturated heterocycles. The van der Waals surface area contributed by atoms with Gasteiger partial charge in [0.25, 0.3) is 0 Å². The van der Waals surface area contributed by atoms with Crippen molar-refractivity contribution in [2.45, 2.75) is 32.1 Å². The van der Waals surface area contributed by atoms with Crippen molar-refractivity contribution in [2.75, 3.05) is 12.1 Å². The van der Waals surface area contributed by atoms with Gasteiger partial charge in [-0.2, -0.15) is 0 Å². The molecule has 2 aromatic carbocycles. The Kier molecular flexibility index (Phi) is 4.05. The predicted molar refractivity (Wildman–Crippen MR) is 111 cm³/mol. The Labute approximate surface area is 169 Å². The Morgan fingerprint density at radius 1 is 1.00 bits per heavy atom. The lowest BCUT2D eigenvalue weighted by Gasteiger charge is -2.16. The molecule has 1 amide bonds. The predicted octanol–water partition coefficient (Wildman–Crippen LogP) is 4.76. The minimum atomic E-state index is -0.506. The Morgan fingerprint density at radius 2 is 1.76 bits per heavy atom. The third-order valence-electron chi connectivity index (χ3n) is 5.88. The second-order valence-electron chi connectivity index (χ2n) is 7.80. The van der Waals surface area contributed by atoms with E-state index in [1.807, 2.05) is 36.5 Å². The quantitative estimate of drug-likeness (QED) is 0.702. The molecular formula is C24H22N2O3. The van der Waals surface area contributed by atoms with E-state index in [2.05, 4.69) is 42.3 Å². The average molecular weight is 386 g/mol. The van der Waals surface area contributed by atoms with Crippen LogP contribution < -0.4 is 14.8 Å². The summed E-state index contributed by atoms with van der Waals surface area (Å²) >= 11 is 0. The van der Waals surface area contributed by atoms with Crippen molar-refractivity contribution in [2.24, 2.45) is 0 Å². The molecule has 29 heavy (non-hydrogen) atoms. The summed E-state index contributed by atoms with van der Waals surface area (Å²) in [7, 11) is 0. The molecule has 2 heterocycles. The molecule has 5 nitrogen and oxygen atoms in total. The van der Waals surface area contributed by atoms with Crippen LogP contribution in [0.3, 0.4) is 0 Å². The van der Waals surface area contributed by atoms with Crippen LogP contribution in [0.1, 0.15) is 29.5 Å². The number of nitrogens with zero attached hydrogens (tertiary/aromatic N) is 1. The smallest absolute Gasteiger partial charge is 0.236 e. The lowest BCUT2D eigenvalue weighted by Crippen LogP contribution is -2.28. The highest BCUT2D eigenvalue weighted by molar-refractivity contribution is 6.01. The molecule has 1 aliphatic carbocycles. The van der Waals surface area contributed by atoms with Crippen molar-refractivity contribution in [1.82, 2.24) is 4.98 Å². The fourth-order valence-corrected chi connectivity index (χ4v) is 4.09. The van der Waals surface area contributed by atoms with Gasteiger partial charge in [-0.25, -0.2) is 4.98 Å². The van der Waals surface area contributed by atoms with Gasteiger partial charge in [-0.05, 0) is 73.2 Å². The maximum atomic E-state index is 13.0. The largest absolute Gasteiger partial charge is 0.454 e. The number of aryl methyl sites for hydroxylation is 2. The lowest BCUT2D eigenvalue weighted by molar-refractivity contribution is -0.118. The van der Waals surface area contributed by atoms with Gasteiger partial charge in [0.05, 0.1) is 5.41 Å². The van der Waals surface area contributed by atoms with Crippen molar-refractivity contribution in [3.63, 3.8) is 0 Å². The van der Waals surface area contributed by atoms with Crippen LogP contribution in [0.15, 0.2) is 54.7 Å². The van der Waals surface area contributed by atoms with E-state index in [4.69, 9.17) is 9.47 Å². The number of anilines is 1. The first-order valence-electron chi connectivity index (χ1n) is 9.81. The van der Waals surface area contributed by atoms with Gasteiger partial charge in [-0.3, -0.25) is 4.79 Å². The van der Waals surface area contributed by atoms with E-state index >= 15 is 0 Å². The van der Waals surface area contributed by atoms with E-state index in [0.717, 1.165) is 29.7 Å². The van der Waals surface area contributed by atoms with Gasteiger partial charge in [0.1, 0.15) is 5.82 Å². The van der Waals surface area contributed by atoms with Gasteiger partial charge in [0, 0.05) is 11.8 Å². The zero-order valence-corrected chi connectivity index (χ0v) is 16.5. The van der Waals surface area contributed by atoms with Crippen LogP contribution >= 0.6 is 0 Å². The van der Waals surface area contributed by atoms with Gasteiger partial charge in [0.2, 0.25) is 12.7 Å². The number of fused-ring (bicyclic) bond motifs is 1. The summed E-state index contributed by atoms with van der Waals surface area (Å²) in [5.74, 6) is 1.98. The molecule has 0 bridgehead atoms. The Hall–Kier alpha value is -3.34. The number of benzene rings is 2. The van der Waals surface area contributed by atoms with Crippen LogP contribution in [0.25, 0.3) is 11.1 Å². The van der Waals surface area contributed by atoms with E-state index in [1.165, 1.54) is 16.7 Å². The van der Waals surface area contributed by atoms with Crippen molar-refractivity contribution >= 4 is 11.7 Å². The number of ether oxygens (including phenoxy) is 2. The minimum Gasteiger partial charge on any atom is -0.454 e.